The summed E-state index contributed by atoms with van der Waals surface area (Å²) in [5.74, 6) is -0.367. The third-order valence-corrected chi connectivity index (χ3v) is 6.71. The molecule has 20 heavy (non-hydrogen) atoms. The Kier molecular flexibility index (Phi) is 5.05. The second kappa shape index (κ2) is 6.42. The number of benzene rings is 1. The Morgan fingerprint density at radius 3 is 2.00 bits per heavy atom. The molecule has 1 aromatic carbocycles. The second-order valence-corrected chi connectivity index (χ2v) is 8.89. The Morgan fingerprint density at radius 1 is 1.10 bits per heavy atom. The Balaban J connectivity index is 0.000000147. The largest absolute Gasteiger partial charge is 0.414 e. The van der Waals surface area contributed by atoms with Crippen molar-refractivity contribution in [2.24, 2.45) is 0 Å². The summed E-state index contributed by atoms with van der Waals surface area (Å²) in [6.07, 6.45) is -4.29. The first-order chi connectivity index (χ1) is 9.36. The van der Waals surface area contributed by atoms with Crippen LogP contribution >= 0.6 is 33.5 Å². The summed E-state index contributed by atoms with van der Waals surface area (Å²) in [5.41, 5.74) is -0.684. The van der Waals surface area contributed by atoms with Crippen molar-refractivity contribution in [3.05, 3.63) is 44.1 Å². The molecule has 0 radical (unpaired) electrons. The molecule has 9 heteroatoms. The van der Waals surface area contributed by atoms with E-state index in [9.17, 15) is 22.2 Å². The normalized spacial score (nSPS) is 18.6. The molecule has 2 aromatic rings. The van der Waals surface area contributed by atoms with Crippen LogP contribution in [0, 0.1) is 0 Å². The van der Waals surface area contributed by atoms with Crippen LogP contribution in [0.25, 0.3) is 9.40 Å². The molecular weight excluding hydrogens is 349 g/mol. The smallest absolute Gasteiger partial charge is 0.265 e. The average Bonchev–Trinajstić information content (AvgIpc) is 2.93. The molecule has 0 aliphatic carbocycles. The van der Waals surface area contributed by atoms with Crippen LogP contribution in [0.2, 0.25) is 0 Å². The second-order valence-electron chi connectivity index (χ2n) is 3.59. The Hall–Kier alpha value is -0.640. The zero-order chi connectivity index (χ0) is 14.8. The van der Waals surface area contributed by atoms with Crippen molar-refractivity contribution in [3.63, 3.8) is 0 Å². The molecule has 1 aliphatic heterocycles. The Bertz CT molecular complexity index is 678. The highest BCUT2D eigenvalue weighted by molar-refractivity contribution is 8.70. The monoisotopic (exact) mass is 356 g/mol. The third kappa shape index (κ3) is 4.18. The molecule has 0 saturated heterocycles. The van der Waals surface area contributed by atoms with Crippen LogP contribution in [-0.4, -0.2) is 16.1 Å². The van der Waals surface area contributed by atoms with Crippen molar-refractivity contribution in [3.8, 4) is 0 Å². The Morgan fingerprint density at radius 2 is 1.65 bits per heavy atom. The van der Waals surface area contributed by atoms with Gasteiger partial charge in [0.25, 0.3) is 4.06 Å². The van der Waals surface area contributed by atoms with Gasteiger partial charge in [-0.05, 0) is 28.3 Å². The number of halogens is 3. The summed E-state index contributed by atoms with van der Waals surface area (Å²) in [6.45, 7) is 0. The van der Waals surface area contributed by atoms with E-state index in [2.05, 4.69) is 0 Å². The lowest BCUT2D eigenvalue weighted by molar-refractivity contribution is -0.0905. The van der Waals surface area contributed by atoms with Crippen molar-refractivity contribution in [1.82, 2.24) is 0 Å². The SMILES string of the molecule is O=S1CC(C(F)(F)F)=CS1.O=c1sc2ccccc2s1. The van der Waals surface area contributed by atoms with Gasteiger partial charge < -0.3 is 0 Å². The van der Waals surface area contributed by atoms with Gasteiger partial charge in [-0.25, -0.2) is 4.21 Å². The fraction of sp³-hybridized carbons (Fsp3) is 0.182. The van der Waals surface area contributed by atoms with E-state index in [0.717, 1.165) is 25.6 Å². The maximum Gasteiger partial charge on any atom is 0.414 e. The summed E-state index contributed by atoms with van der Waals surface area (Å²) < 4.78 is 47.9. The van der Waals surface area contributed by atoms with Crippen molar-refractivity contribution in [2.75, 3.05) is 5.75 Å². The summed E-state index contributed by atoms with van der Waals surface area (Å²) in [6, 6.07) is 7.84. The van der Waals surface area contributed by atoms with Crippen molar-refractivity contribution in [1.29, 1.82) is 0 Å². The quantitative estimate of drug-likeness (QED) is 0.665. The van der Waals surface area contributed by atoms with E-state index in [4.69, 9.17) is 0 Å². The van der Waals surface area contributed by atoms with Gasteiger partial charge in [0.1, 0.15) is 0 Å². The fourth-order valence-corrected chi connectivity index (χ4v) is 5.59. The molecular formula is C11H7F3O2S4. The predicted molar refractivity (Wildman–Crippen MR) is 80.7 cm³/mol. The fourth-order valence-electron chi connectivity index (χ4n) is 1.27. The van der Waals surface area contributed by atoms with Gasteiger partial charge in [-0.2, -0.15) is 13.2 Å². The van der Waals surface area contributed by atoms with Gasteiger partial charge in [0.15, 0.2) is 0 Å². The summed E-state index contributed by atoms with van der Waals surface area (Å²) in [4.78, 5) is 10.8. The molecule has 0 fully saturated rings. The first-order valence-corrected chi connectivity index (χ1v) is 9.51. The zero-order valence-corrected chi connectivity index (χ0v) is 12.9. The first-order valence-electron chi connectivity index (χ1n) is 5.16. The molecule has 2 heterocycles. The Labute approximate surface area is 126 Å². The number of hydrogen-bond donors (Lipinski definition) is 0. The molecule has 1 aliphatic rings. The molecule has 108 valence electrons. The standard InChI is InChI=1S/C7H4OS2.C4H3F3OS2/c8-7-9-5-3-1-2-4-6(5)10-7;5-4(6,7)3-1-9-10(8)2-3/h1-4H;1H,2H2. The van der Waals surface area contributed by atoms with Gasteiger partial charge in [0.05, 0.1) is 21.2 Å². The number of hydrogen-bond acceptors (Lipinski definition) is 5. The van der Waals surface area contributed by atoms with Crippen LogP contribution in [0.5, 0.6) is 0 Å². The molecule has 3 rings (SSSR count). The van der Waals surface area contributed by atoms with Crippen molar-refractivity contribution in [2.45, 2.75) is 6.18 Å². The molecule has 2 nitrogen and oxygen atoms in total. The van der Waals surface area contributed by atoms with Gasteiger partial charge >= 0.3 is 6.18 Å². The number of alkyl halides is 3. The predicted octanol–water partition coefficient (Wildman–Crippen LogP) is 4.17. The van der Waals surface area contributed by atoms with Gasteiger partial charge in [0, 0.05) is 9.40 Å². The maximum atomic E-state index is 11.7. The van der Waals surface area contributed by atoms with E-state index >= 15 is 0 Å². The van der Waals surface area contributed by atoms with Gasteiger partial charge in [-0.1, -0.05) is 34.8 Å². The highest BCUT2D eigenvalue weighted by atomic mass is 33.1. The summed E-state index contributed by atoms with van der Waals surface area (Å²) in [5, 5.41) is 0.913. The van der Waals surface area contributed by atoms with Gasteiger partial charge in [-0.3, -0.25) is 4.79 Å². The highest BCUT2D eigenvalue weighted by Gasteiger charge is 2.37. The van der Waals surface area contributed by atoms with Crippen LogP contribution in [0.4, 0.5) is 13.2 Å². The highest BCUT2D eigenvalue weighted by Crippen LogP contribution is 2.34. The lowest BCUT2D eigenvalue weighted by Gasteiger charge is -2.03. The molecule has 0 N–H and O–H groups in total. The van der Waals surface area contributed by atoms with E-state index in [1.807, 2.05) is 24.3 Å². The van der Waals surface area contributed by atoms with Gasteiger partial charge in [-0.15, -0.1) is 0 Å². The molecule has 0 saturated carbocycles. The zero-order valence-electron chi connectivity index (χ0n) is 9.68. The number of rotatable bonds is 0. The van der Waals surface area contributed by atoms with Crippen molar-refractivity contribution >= 4 is 52.7 Å². The molecule has 1 unspecified atom stereocenters. The topological polar surface area (TPSA) is 34.1 Å². The summed E-state index contributed by atoms with van der Waals surface area (Å²) >= 11 is 2.63. The maximum absolute atomic E-state index is 11.7. The van der Waals surface area contributed by atoms with E-state index < -0.39 is 21.6 Å². The van der Waals surface area contributed by atoms with E-state index in [0.29, 0.717) is 0 Å². The number of fused-ring (bicyclic) bond motifs is 1. The van der Waals surface area contributed by atoms with Gasteiger partial charge in [0.2, 0.25) is 0 Å². The van der Waals surface area contributed by atoms with E-state index in [1.54, 1.807) is 0 Å². The minimum absolute atomic E-state index is 0.182. The average molecular weight is 356 g/mol. The van der Waals surface area contributed by atoms with Crippen LogP contribution in [0.1, 0.15) is 0 Å². The molecule has 0 bridgehead atoms. The van der Waals surface area contributed by atoms with E-state index in [-0.39, 0.29) is 9.81 Å². The molecule has 0 amide bonds. The minimum Gasteiger partial charge on any atom is -0.265 e. The van der Waals surface area contributed by atoms with Crippen LogP contribution in [-0.2, 0) is 9.83 Å². The van der Waals surface area contributed by atoms with Crippen molar-refractivity contribution < 1.29 is 17.4 Å². The van der Waals surface area contributed by atoms with E-state index in [1.165, 1.54) is 22.7 Å². The molecule has 0 spiro atoms. The van der Waals surface area contributed by atoms with Crippen LogP contribution in [0.15, 0.2) is 40.0 Å². The van der Waals surface area contributed by atoms with Crippen LogP contribution < -0.4 is 4.06 Å². The minimum atomic E-state index is -4.29. The first kappa shape index (κ1) is 15.7. The third-order valence-electron chi connectivity index (χ3n) is 2.17. The summed E-state index contributed by atoms with van der Waals surface area (Å²) in [7, 11) is -0.673. The van der Waals surface area contributed by atoms with Crippen LogP contribution in [0.3, 0.4) is 0 Å². The lowest BCUT2D eigenvalue weighted by atomic mass is 10.3. The molecule has 1 aromatic heterocycles. The molecule has 1 atom stereocenters. The lowest BCUT2D eigenvalue weighted by Crippen LogP contribution is -2.13.